The number of methoxy groups -OCH3 is 1. The molecule has 1 aromatic rings. The number of hydrogen-bond donors (Lipinski definition) is 2. The van der Waals surface area contributed by atoms with E-state index in [4.69, 9.17) is 4.74 Å². The molecule has 1 amide bonds. The molecule has 1 aliphatic heterocycles. The van der Waals surface area contributed by atoms with Crippen LogP contribution in [0, 0.1) is 5.92 Å². The zero-order chi connectivity index (χ0) is 19.6. The Kier molecular flexibility index (Phi) is 10.9. The molecule has 0 spiro atoms. The van der Waals surface area contributed by atoms with Gasteiger partial charge in [0.1, 0.15) is 0 Å². The number of likely N-dealkylation sites (tertiary alicyclic amines) is 1. The molecule has 7 nitrogen and oxygen atoms in total. The average molecular weight is 502 g/mol. The molecule has 1 heterocycles. The Bertz CT molecular complexity index is 656. The second-order valence-electron chi connectivity index (χ2n) is 6.72. The van der Waals surface area contributed by atoms with Crippen LogP contribution in [0.3, 0.4) is 0 Å². The number of nitrogens with zero attached hydrogens (tertiary/aromatic N) is 2. The van der Waals surface area contributed by atoms with E-state index in [1.165, 1.54) is 7.11 Å². The van der Waals surface area contributed by atoms with E-state index < -0.39 is 0 Å². The maximum atomic E-state index is 11.5. The molecule has 2 N–H and O–H groups in total. The van der Waals surface area contributed by atoms with Crippen molar-refractivity contribution in [2.45, 2.75) is 25.7 Å². The van der Waals surface area contributed by atoms with Gasteiger partial charge in [0.15, 0.2) is 5.96 Å². The van der Waals surface area contributed by atoms with E-state index in [-0.39, 0.29) is 35.9 Å². The van der Waals surface area contributed by atoms with Crippen molar-refractivity contribution in [3.8, 4) is 0 Å². The van der Waals surface area contributed by atoms with E-state index in [0.29, 0.717) is 17.9 Å². The van der Waals surface area contributed by atoms with Crippen LogP contribution in [0.25, 0.3) is 0 Å². The largest absolute Gasteiger partial charge is 0.465 e. The number of rotatable bonds is 6. The lowest BCUT2D eigenvalue weighted by atomic mass is 9.93. The SMILES string of the molecule is CN=C(NCCc1ccc(C(=O)OC)cc1)N1CCC(CC(=O)NC)CC1.I. The second-order valence-corrected chi connectivity index (χ2v) is 6.72. The Morgan fingerprint density at radius 1 is 1.21 bits per heavy atom. The summed E-state index contributed by atoms with van der Waals surface area (Å²) in [5.41, 5.74) is 1.71. The van der Waals surface area contributed by atoms with Crippen LogP contribution < -0.4 is 10.6 Å². The first-order valence-corrected chi connectivity index (χ1v) is 9.40. The van der Waals surface area contributed by atoms with Crippen LogP contribution in [0.2, 0.25) is 0 Å². The van der Waals surface area contributed by atoms with Gasteiger partial charge >= 0.3 is 5.97 Å². The molecule has 2 rings (SSSR count). The number of carbonyl (C=O) groups is 2. The molecule has 0 bridgehead atoms. The zero-order valence-corrected chi connectivity index (χ0v) is 19.2. The lowest BCUT2D eigenvalue weighted by Gasteiger charge is -2.34. The summed E-state index contributed by atoms with van der Waals surface area (Å²) >= 11 is 0. The summed E-state index contributed by atoms with van der Waals surface area (Å²) in [4.78, 5) is 29.6. The van der Waals surface area contributed by atoms with E-state index >= 15 is 0 Å². The second kappa shape index (κ2) is 12.6. The van der Waals surface area contributed by atoms with Gasteiger partial charge in [-0.2, -0.15) is 0 Å². The van der Waals surface area contributed by atoms with Gasteiger partial charge in [0.25, 0.3) is 0 Å². The van der Waals surface area contributed by atoms with Gasteiger partial charge in [0.2, 0.25) is 5.91 Å². The third kappa shape index (κ3) is 7.29. The van der Waals surface area contributed by atoms with Crippen molar-refractivity contribution in [3.63, 3.8) is 0 Å². The number of piperidine rings is 1. The van der Waals surface area contributed by atoms with Crippen LogP contribution in [-0.2, 0) is 16.0 Å². The number of amides is 1. The number of nitrogens with one attached hydrogen (secondary N) is 2. The van der Waals surface area contributed by atoms with Gasteiger partial charge in [-0.15, -0.1) is 24.0 Å². The fourth-order valence-electron chi connectivity index (χ4n) is 3.29. The van der Waals surface area contributed by atoms with Gasteiger partial charge in [0.05, 0.1) is 12.7 Å². The summed E-state index contributed by atoms with van der Waals surface area (Å²) in [5, 5.41) is 6.11. The molecule has 8 heteroatoms. The standard InChI is InChI=1S/C20H30N4O3.HI/c1-21-18(25)14-16-9-12-24(13-10-16)20(22-2)23-11-8-15-4-6-17(7-5-15)19(26)27-3;/h4-7,16H,8-14H2,1-3H3,(H,21,25)(H,22,23);1H. The molecule has 1 aromatic carbocycles. The van der Waals surface area contributed by atoms with Crippen molar-refractivity contribution in [1.82, 2.24) is 15.5 Å². The van der Waals surface area contributed by atoms with Gasteiger partial charge in [-0.05, 0) is 42.9 Å². The number of esters is 1. The Balaban J connectivity index is 0.00000392. The minimum atomic E-state index is -0.320. The quantitative estimate of drug-likeness (QED) is 0.270. The molecule has 0 aliphatic carbocycles. The summed E-state index contributed by atoms with van der Waals surface area (Å²) < 4.78 is 4.71. The predicted octanol–water partition coefficient (Wildman–Crippen LogP) is 2.06. The van der Waals surface area contributed by atoms with Crippen LogP contribution in [0.1, 0.15) is 35.2 Å². The first kappa shape index (κ1) is 24.2. The number of carbonyl (C=O) groups excluding carboxylic acids is 2. The molecule has 0 unspecified atom stereocenters. The van der Waals surface area contributed by atoms with Crippen molar-refractivity contribution in [2.24, 2.45) is 10.9 Å². The summed E-state index contributed by atoms with van der Waals surface area (Å²) in [6.45, 7) is 2.59. The number of benzene rings is 1. The molecule has 0 radical (unpaired) electrons. The Labute approximate surface area is 184 Å². The summed E-state index contributed by atoms with van der Waals surface area (Å²) in [5.74, 6) is 1.15. The maximum absolute atomic E-state index is 11.5. The van der Waals surface area contributed by atoms with E-state index in [2.05, 4.69) is 20.5 Å². The van der Waals surface area contributed by atoms with Crippen LogP contribution >= 0.6 is 24.0 Å². The smallest absolute Gasteiger partial charge is 0.337 e. The predicted molar refractivity (Wildman–Crippen MR) is 121 cm³/mol. The van der Waals surface area contributed by atoms with E-state index in [1.54, 1.807) is 26.2 Å². The summed E-state index contributed by atoms with van der Waals surface area (Å²) in [7, 11) is 4.86. The Hall–Kier alpha value is -1.84. The fourth-order valence-corrected chi connectivity index (χ4v) is 3.29. The number of halogens is 1. The van der Waals surface area contributed by atoms with Crippen molar-refractivity contribution in [1.29, 1.82) is 0 Å². The highest BCUT2D eigenvalue weighted by molar-refractivity contribution is 14.0. The van der Waals surface area contributed by atoms with Crippen molar-refractivity contribution < 1.29 is 14.3 Å². The normalized spacial score (nSPS) is 14.8. The van der Waals surface area contributed by atoms with E-state index in [0.717, 1.165) is 50.4 Å². The number of ether oxygens (including phenoxy) is 1. The molecule has 0 aromatic heterocycles. The third-order valence-electron chi connectivity index (χ3n) is 4.95. The fraction of sp³-hybridized carbons (Fsp3) is 0.550. The lowest BCUT2D eigenvalue weighted by molar-refractivity contribution is -0.121. The molecule has 1 saturated heterocycles. The lowest BCUT2D eigenvalue weighted by Crippen LogP contribution is -2.46. The highest BCUT2D eigenvalue weighted by Gasteiger charge is 2.22. The van der Waals surface area contributed by atoms with Gasteiger partial charge in [-0.1, -0.05) is 12.1 Å². The molecule has 0 saturated carbocycles. The van der Waals surface area contributed by atoms with E-state index in [9.17, 15) is 9.59 Å². The minimum absolute atomic E-state index is 0. The zero-order valence-electron chi connectivity index (χ0n) is 16.9. The molecule has 0 atom stereocenters. The first-order valence-electron chi connectivity index (χ1n) is 9.40. The van der Waals surface area contributed by atoms with Crippen LogP contribution in [-0.4, -0.2) is 63.6 Å². The minimum Gasteiger partial charge on any atom is -0.465 e. The van der Waals surface area contributed by atoms with Gasteiger partial charge in [-0.25, -0.2) is 4.79 Å². The van der Waals surface area contributed by atoms with Crippen LogP contribution in [0.15, 0.2) is 29.3 Å². The Morgan fingerprint density at radius 2 is 1.86 bits per heavy atom. The van der Waals surface area contributed by atoms with E-state index in [1.807, 2.05) is 12.1 Å². The Morgan fingerprint density at radius 3 is 2.39 bits per heavy atom. The van der Waals surface area contributed by atoms with Crippen molar-refractivity contribution in [3.05, 3.63) is 35.4 Å². The highest BCUT2D eigenvalue weighted by Crippen LogP contribution is 2.20. The highest BCUT2D eigenvalue weighted by atomic mass is 127. The number of hydrogen-bond acceptors (Lipinski definition) is 4. The average Bonchev–Trinajstić information content (AvgIpc) is 2.71. The number of aliphatic imine (C=N–C) groups is 1. The monoisotopic (exact) mass is 502 g/mol. The molecule has 1 fully saturated rings. The van der Waals surface area contributed by atoms with Gasteiger partial charge in [0, 0.05) is 40.2 Å². The number of guanidine groups is 1. The van der Waals surface area contributed by atoms with Crippen molar-refractivity contribution >= 4 is 41.8 Å². The first-order chi connectivity index (χ1) is 13.1. The molecular weight excluding hydrogens is 471 g/mol. The topological polar surface area (TPSA) is 83.0 Å². The van der Waals surface area contributed by atoms with Crippen LogP contribution in [0.5, 0.6) is 0 Å². The molecule has 1 aliphatic rings. The molecule has 156 valence electrons. The van der Waals surface area contributed by atoms with Crippen LogP contribution in [0.4, 0.5) is 0 Å². The molecule has 28 heavy (non-hydrogen) atoms. The van der Waals surface area contributed by atoms with Gasteiger partial charge < -0.3 is 20.3 Å². The maximum Gasteiger partial charge on any atom is 0.337 e. The summed E-state index contributed by atoms with van der Waals surface area (Å²) in [6.07, 6.45) is 3.46. The van der Waals surface area contributed by atoms with Crippen molar-refractivity contribution in [2.75, 3.05) is 40.8 Å². The summed E-state index contributed by atoms with van der Waals surface area (Å²) in [6, 6.07) is 7.46. The van der Waals surface area contributed by atoms with Gasteiger partial charge in [-0.3, -0.25) is 9.79 Å². The molecular formula is C20H31IN4O3. The third-order valence-corrected chi connectivity index (χ3v) is 4.95.